The Morgan fingerprint density at radius 1 is 1.62 bits per heavy atom. The van der Waals surface area contributed by atoms with Gasteiger partial charge in [0, 0.05) is 41.3 Å². The Morgan fingerprint density at radius 2 is 2.38 bits per heavy atom. The monoisotopic (exact) mass is 195 g/mol. The molecule has 70 valence electrons. The first-order chi connectivity index (χ1) is 6.31. The summed E-state index contributed by atoms with van der Waals surface area (Å²) in [5, 5.41) is 0. The van der Waals surface area contributed by atoms with Crippen LogP contribution in [0.1, 0.15) is 9.75 Å². The van der Waals surface area contributed by atoms with Crippen LogP contribution in [0, 0.1) is 0 Å². The van der Waals surface area contributed by atoms with Gasteiger partial charge in [0.1, 0.15) is 0 Å². The maximum Gasteiger partial charge on any atom is 0.0375 e. The SMILES string of the molecule is CN=CC(=CN)c1ccc(CN)s1. The van der Waals surface area contributed by atoms with Crippen molar-refractivity contribution < 1.29 is 0 Å². The molecule has 0 aromatic carbocycles. The first-order valence-electron chi connectivity index (χ1n) is 3.95. The summed E-state index contributed by atoms with van der Waals surface area (Å²) in [7, 11) is 1.72. The lowest BCUT2D eigenvalue weighted by molar-refractivity contribution is 1.11. The maximum absolute atomic E-state index is 5.50. The van der Waals surface area contributed by atoms with E-state index < -0.39 is 0 Å². The van der Waals surface area contributed by atoms with Crippen molar-refractivity contribution in [2.75, 3.05) is 7.05 Å². The molecule has 0 aliphatic rings. The molecule has 0 aliphatic heterocycles. The normalized spacial score (nSPS) is 12.6. The lowest BCUT2D eigenvalue weighted by Crippen LogP contribution is -1.91. The van der Waals surface area contributed by atoms with Crippen LogP contribution in [-0.4, -0.2) is 13.3 Å². The van der Waals surface area contributed by atoms with Crippen molar-refractivity contribution in [1.82, 2.24) is 0 Å². The summed E-state index contributed by atoms with van der Waals surface area (Å²) >= 11 is 1.64. The van der Waals surface area contributed by atoms with Crippen molar-refractivity contribution in [2.24, 2.45) is 16.5 Å². The Balaban J connectivity index is 2.92. The van der Waals surface area contributed by atoms with Gasteiger partial charge in [0.25, 0.3) is 0 Å². The van der Waals surface area contributed by atoms with Gasteiger partial charge in [-0.2, -0.15) is 0 Å². The summed E-state index contributed by atoms with van der Waals surface area (Å²) in [5.41, 5.74) is 11.9. The van der Waals surface area contributed by atoms with Crippen LogP contribution in [0.2, 0.25) is 0 Å². The Labute approximate surface area is 81.8 Å². The Morgan fingerprint density at radius 3 is 2.85 bits per heavy atom. The van der Waals surface area contributed by atoms with Crippen LogP contribution in [0.25, 0.3) is 5.57 Å². The van der Waals surface area contributed by atoms with E-state index in [0.29, 0.717) is 6.54 Å². The van der Waals surface area contributed by atoms with E-state index in [1.54, 1.807) is 30.8 Å². The van der Waals surface area contributed by atoms with E-state index >= 15 is 0 Å². The molecule has 0 spiro atoms. The first-order valence-corrected chi connectivity index (χ1v) is 4.76. The van der Waals surface area contributed by atoms with Gasteiger partial charge < -0.3 is 11.5 Å². The molecule has 0 saturated carbocycles. The van der Waals surface area contributed by atoms with E-state index in [4.69, 9.17) is 11.5 Å². The van der Waals surface area contributed by atoms with Crippen LogP contribution in [0.4, 0.5) is 0 Å². The molecule has 0 radical (unpaired) electrons. The summed E-state index contributed by atoms with van der Waals surface area (Å²) in [6, 6.07) is 4.01. The average Bonchev–Trinajstić information content (AvgIpc) is 2.62. The third kappa shape index (κ3) is 2.40. The lowest BCUT2D eigenvalue weighted by atomic mass is 10.2. The van der Waals surface area contributed by atoms with Gasteiger partial charge in [0.2, 0.25) is 0 Å². The van der Waals surface area contributed by atoms with E-state index in [9.17, 15) is 0 Å². The molecule has 0 fully saturated rings. The van der Waals surface area contributed by atoms with E-state index in [-0.39, 0.29) is 0 Å². The van der Waals surface area contributed by atoms with E-state index in [1.807, 2.05) is 12.1 Å². The largest absolute Gasteiger partial charge is 0.404 e. The zero-order valence-electron chi connectivity index (χ0n) is 7.53. The summed E-state index contributed by atoms with van der Waals surface area (Å²) < 4.78 is 0. The smallest absolute Gasteiger partial charge is 0.0375 e. The molecule has 3 nitrogen and oxygen atoms in total. The minimum Gasteiger partial charge on any atom is -0.404 e. The fourth-order valence-corrected chi connectivity index (χ4v) is 1.85. The number of hydrogen-bond donors (Lipinski definition) is 2. The number of hydrogen-bond acceptors (Lipinski definition) is 4. The zero-order valence-corrected chi connectivity index (χ0v) is 8.34. The second kappa shape index (κ2) is 4.79. The number of thiophene rings is 1. The van der Waals surface area contributed by atoms with E-state index in [0.717, 1.165) is 15.3 Å². The van der Waals surface area contributed by atoms with Crippen LogP contribution in [0.3, 0.4) is 0 Å². The second-order valence-electron chi connectivity index (χ2n) is 2.48. The molecule has 0 saturated heterocycles. The van der Waals surface area contributed by atoms with Crippen LogP contribution < -0.4 is 11.5 Å². The molecule has 0 bridgehead atoms. The molecule has 0 atom stereocenters. The van der Waals surface area contributed by atoms with Gasteiger partial charge in [-0.3, -0.25) is 4.99 Å². The van der Waals surface area contributed by atoms with E-state index in [1.165, 1.54) is 0 Å². The lowest BCUT2D eigenvalue weighted by Gasteiger charge is -1.94. The summed E-state index contributed by atoms with van der Waals surface area (Å²) in [4.78, 5) is 6.18. The fourth-order valence-electron chi connectivity index (χ4n) is 0.971. The van der Waals surface area contributed by atoms with Crippen molar-refractivity contribution in [1.29, 1.82) is 0 Å². The van der Waals surface area contributed by atoms with Gasteiger partial charge in [-0.25, -0.2) is 0 Å². The summed E-state index contributed by atoms with van der Waals surface area (Å²) in [6.07, 6.45) is 3.30. The average molecular weight is 195 g/mol. The Kier molecular flexibility index (Phi) is 3.67. The molecular weight excluding hydrogens is 182 g/mol. The minimum atomic E-state index is 0.575. The number of nitrogens with zero attached hydrogens (tertiary/aromatic N) is 1. The van der Waals surface area contributed by atoms with Crippen molar-refractivity contribution in [3.8, 4) is 0 Å². The third-order valence-electron chi connectivity index (χ3n) is 1.60. The van der Waals surface area contributed by atoms with Crippen LogP contribution in [0.5, 0.6) is 0 Å². The molecule has 4 N–H and O–H groups in total. The number of rotatable bonds is 3. The van der Waals surface area contributed by atoms with Gasteiger partial charge in [-0.15, -0.1) is 11.3 Å². The molecule has 0 unspecified atom stereocenters. The summed E-state index contributed by atoms with van der Waals surface area (Å²) in [5.74, 6) is 0. The fraction of sp³-hybridized carbons (Fsp3) is 0.222. The van der Waals surface area contributed by atoms with Gasteiger partial charge in [0.15, 0.2) is 0 Å². The predicted octanol–water partition coefficient (Wildman–Crippen LogP) is 1.21. The molecule has 1 heterocycles. The third-order valence-corrected chi connectivity index (χ3v) is 2.75. The molecule has 1 rings (SSSR count). The number of nitrogens with two attached hydrogens (primary N) is 2. The van der Waals surface area contributed by atoms with Crippen molar-refractivity contribution in [3.05, 3.63) is 28.1 Å². The van der Waals surface area contributed by atoms with Gasteiger partial charge in [-0.05, 0) is 12.1 Å². The second-order valence-corrected chi connectivity index (χ2v) is 3.65. The molecular formula is C9H13N3S. The summed E-state index contributed by atoms with van der Waals surface area (Å²) in [6.45, 7) is 0.575. The van der Waals surface area contributed by atoms with Crippen LogP contribution in [0.15, 0.2) is 23.3 Å². The number of allylic oxidation sites excluding steroid dienone is 1. The zero-order chi connectivity index (χ0) is 9.68. The minimum absolute atomic E-state index is 0.575. The molecule has 13 heavy (non-hydrogen) atoms. The predicted molar refractivity (Wildman–Crippen MR) is 58.8 cm³/mol. The van der Waals surface area contributed by atoms with Crippen molar-refractivity contribution in [2.45, 2.75) is 6.54 Å². The highest BCUT2D eigenvalue weighted by molar-refractivity contribution is 7.13. The Hall–Kier alpha value is -1.13. The first kappa shape index (κ1) is 9.95. The quantitative estimate of drug-likeness (QED) is 0.712. The molecule has 1 aromatic rings. The molecule has 0 aliphatic carbocycles. The van der Waals surface area contributed by atoms with Crippen LogP contribution >= 0.6 is 11.3 Å². The van der Waals surface area contributed by atoms with Crippen LogP contribution in [-0.2, 0) is 6.54 Å². The van der Waals surface area contributed by atoms with E-state index in [2.05, 4.69) is 4.99 Å². The molecule has 0 amide bonds. The standard InChI is InChI=1S/C9H13N3S/c1-12-6-7(4-10)9-3-2-8(5-11)13-9/h2-4,6H,5,10-11H2,1H3. The van der Waals surface area contributed by atoms with Gasteiger partial charge >= 0.3 is 0 Å². The Bertz CT molecular complexity index is 325. The maximum atomic E-state index is 5.50. The van der Waals surface area contributed by atoms with Gasteiger partial charge in [-0.1, -0.05) is 0 Å². The topological polar surface area (TPSA) is 64.4 Å². The molecule has 4 heteroatoms. The molecule has 1 aromatic heterocycles. The highest BCUT2D eigenvalue weighted by Gasteiger charge is 2.01. The number of aliphatic imine (C=N–C) groups is 1. The highest BCUT2D eigenvalue weighted by atomic mass is 32.1. The van der Waals surface area contributed by atoms with Crippen molar-refractivity contribution in [3.63, 3.8) is 0 Å². The highest BCUT2D eigenvalue weighted by Crippen LogP contribution is 2.22. The van der Waals surface area contributed by atoms with Gasteiger partial charge in [0.05, 0.1) is 0 Å². The van der Waals surface area contributed by atoms with Crippen molar-refractivity contribution >= 4 is 23.1 Å².